The van der Waals surface area contributed by atoms with Gasteiger partial charge in [-0.15, -0.1) is 0 Å². The van der Waals surface area contributed by atoms with Gasteiger partial charge in [0.05, 0.1) is 6.26 Å². The zero-order valence-electron chi connectivity index (χ0n) is 12.2. The zero-order valence-corrected chi connectivity index (χ0v) is 12.2. The summed E-state index contributed by atoms with van der Waals surface area (Å²) in [6.07, 6.45) is 1.27. The van der Waals surface area contributed by atoms with E-state index in [0.717, 1.165) is 0 Å². The lowest BCUT2D eigenvalue weighted by molar-refractivity contribution is -0.118. The molecule has 1 aromatic heterocycles. The van der Waals surface area contributed by atoms with Gasteiger partial charge < -0.3 is 14.5 Å². The number of aryl methyl sites for hydroxylation is 1. The van der Waals surface area contributed by atoms with E-state index in [1.54, 1.807) is 31.2 Å². The van der Waals surface area contributed by atoms with Gasteiger partial charge in [0.2, 0.25) is 11.2 Å². The van der Waals surface area contributed by atoms with Crippen molar-refractivity contribution in [3.05, 3.63) is 58.1 Å². The van der Waals surface area contributed by atoms with Crippen LogP contribution in [0.5, 0.6) is 5.75 Å². The number of benzene rings is 1. The summed E-state index contributed by atoms with van der Waals surface area (Å²) in [5.74, 6) is -0.138. The minimum atomic E-state index is -0.418. The molecule has 0 radical (unpaired) electrons. The van der Waals surface area contributed by atoms with Crippen LogP contribution in [0.4, 0.5) is 5.69 Å². The molecule has 0 aliphatic heterocycles. The number of carbonyl (C=O) groups excluding carboxylic acids is 2. The maximum Gasteiger partial charge on any atom is 0.262 e. The van der Waals surface area contributed by atoms with Crippen molar-refractivity contribution in [3.8, 4) is 5.75 Å². The molecule has 1 N–H and O–H groups in total. The number of ketones is 1. The molecule has 1 heterocycles. The Kier molecular flexibility index (Phi) is 4.73. The topological polar surface area (TPSA) is 85.6 Å². The van der Waals surface area contributed by atoms with Crippen LogP contribution in [0.2, 0.25) is 0 Å². The third-order valence-corrected chi connectivity index (χ3v) is 2.93. The van der Waals surface area contributed by atoms with Gasteiger partial charge in [-0.2, -0.15) is 0 Å². The molecular formula is C16H15NO5. The van der Waals surface area contributed by atoms with E-state index >= 15 is 0 Å². The maximum absolute atomic E-state index is 11.8. The van der Waals surface area contributed by atoms with Gasteiger partial charge in [-0.1, -0.05) is 0 Å². The van der Waals surface area contributed by atoms with Crippen LogP contribution in [0, 0.1) is 6.92 Å². The molecule has 2 aromatic rings. The molecule has 0 saturated carbocycles. The van der Waals surface area contributed by atoms with Crippen LogP contribution in [0.15, 0.2) is 45.8 Å². The van der Waals surface area contributed by atoms with Crippen molar-refractivity contribution in [2.24, 2.45) is 0 Å². The Morgan fingerprint density at radius 2 is 1.86 bits per heavy atom. The third-order valence-electron chi connectivity index (χ3n) is 2.93. The molecule has 0 atom stereocenters. The fourth-order valence-corrected chi connectivity index (χ4v) is 1.80. The average molecular weight is 301 g/mol. The molecule has 114 valence electrons. The molecule has 0 saturated heterocycles. The highest BCUT2D eigenvalue weighted by Crippen LogP contribution is 2.12. The van der Waals surface area contributed by atoms with E-state index in [0.29, 0.717) is 17.0 Å². The van der Waals surface area contributed by atoms with Crippen molar-refractivity contribution >= 4 is 17.4 Å². The second-order valence-electron chi connectivity index (χ2n) is 4.64. The molecular weight excluding hydrogens is 286 g/mol. The quantitative estimate of drug-likeness (QED) is 0.855. The number of hydrogen-bond acceptors (Lipinski definition) is 5. The van der Waals surface area contributed by atoms with E-state index in [4.69, 9.17) is 9.15 Å². The fourth-order valence-electron chi connectivity index (χ4n) is 1.80. The van der Waals surface area contributed by atoms with Gasteiger partial charge >= 0.3 is 0 Å². The lowest BCUT2D eigenvalue weighted by atomic mass is 10.1. The van der Waals surface area contributed by atoms with Gasteiger partial charge in [0.1, 0.15) is 5.76 Å². The number of anilines is 1. The van der Waals surface area contributed by atoms with Gasteiger partial charge in [-0.05, 0) is 38.1 Å². The highest BCUT2D eigenvalue weighted by Gasteiger charge is 2.10. The van der Waals surface area contributed by atoms with Crippen LogP contribution < -0.4 is 15.5 Å². The van der Waals surface area contributed by atoms with E-state index < -0.39 is 5.91 Å². The predicted molar refractivity (Wildman–Crippen MR) is 80.3 cm³/mol. The Morgan fingerprint density at radius 3 is 2.45 bits per heavy atom. The summed E-state index contributed by atoms with van der Waals surface area (Å²) in [7, 11) is 0. The van der Waals surface area contributed by atoms with Crippen molar-refractivity contribution in [1.29, 1.82) is 0 Å². The largest absolute Gasteiger partial charge is 0.476 e. The Bertz CT molecular complexity index is 746. The second kappa shape index (κ2) is 6.71. The number of carbonyl (C=O) groups is 2. The van der Waals surface area contributed by atoms with Gasteiger partial charge in [-0.3, -0.25) is 14.4 Å². The van der Waals surface area contributed by atoms with E-state index in [1.165, 1.54) is 19.3 Å². The van der Waals surface area contributed by atoms with Crippen molar-refractivity contribution in [2.45, 2.75) is 13.8 Å². The van der Waals surface area contributed by atoms with E-state index in [-0.39, 0.29) is 23.6 Å². The molecule has 0 spiro atoms. The summed E-state index contributed by atoms with van der Waals surface area (Å²) in [5, 5.41) is 2.61. The Balaban J connectivity index is 1.96. The van der Waals surface area contributed by atoms with E-state index in [9.17, 15) is 14.4 Å². The smallest absolute Gasteiger partial charge is 0.262 e. The van der Waals surface area contributed by atoms with Gasteiger partial charge in [-0.25, -0.2) is 0 Å². The van der Waals surface area contributed by atoms with Gasteiger partial charge in [0, 0.05) is 17.3 Å². The summed E-state index contributed by atoms with van der Waals surface area (Å²) < 4.78 is 10.2. The first kappa shape index (κ1) is 15.5. The zero-order chi connectivity index (χ0) is 16.1. The number of hydrogen-bond donors (Lipinski definition) is 1. The van der Waals surface area contributed by atoms with Crippen LogP contribution >= 0.6 is 0 Å². The minimum absolute atomic E-state index is 0.0181. The summed E-state index contributed by atoms with van der Waals surface area (Å²) in [6, 6.07) is 7.71. The molecule has 1 aromatic carbocycles. The molecule has 0 fully saturated rings. The Labute approximate surface area is 126 Å². The standard InChI is InChI=1S/C16H15NO5/c1-10(18)12-3-5-13(6-4-12)17-15(20)9-22-16-11(2)21-8-7-14(16)19/h3-8H,9H2,1-2H3,(H,17,20). The monoisotopic (exact) mass is 301 g/mol. The second-order valence-corrected chi connectivity index (χ2v) is 4.64. The summed E-state index contributed by atoms with van der Waals surface area (Å²) in [4.78, 5) is 34.5. The lowest BCUT2D eigenvalue weighted by Gasteiger charge is -2.08. The van der Waals surface area contributed by atoms with Crippen molar-refractivity contribution < 1.29 is 18.7 Å². The van der Waals surface area contributed by atoms with Crippen LogP contribution in [-0.2, 0) is 4.79 Å². The van der Waals surface area contributed by atoms with Crippen molar-refractivity contribution in [3.63, 3.8) is 0 Å². The van der Waals surface area contributed by atoms with Crippen molar-refractivity contribution in [2.75, 3.05) is 11.9 Å². The molecule has 0 bridgehead atoms. The normalized spacial score (nSPS) is 10.1. The molecule has 1 amide bonds. The number of nitrogens with one attached hydrogen (secondary N) is 1. The molecule has 6 heteroatoms. The minimum Gasteiger partial charge on any atom is -0.476 e. The molecule has 0 unspecified atom stereocenters. The molecule has 0 aliphatic carbocycles. The average Bonchev–Trinajstić information content (AvgIpc) is 2.47. The molecule has 6 nitrogen and oxygen atoms in total. The molecule has 22 heavy (non-hydrogen) atoms. The SMILES string of the molecule is CC(=O)c1ccc(NC(=O)COc2c(C)occc2=O)cc1. The highest BCUT2D eigenvalue weighted by atomic mass is 16.5. The highest BCUT2D eigenvalue weighted by molar-refractivity contribution is 5.95. The summed E-state index contributed by atoms with van der Waals surface area (Å²) >= 11 is 0. The number of Topliss-reactive ketones (excluding diaryl/α,β-unsaturated/α-hetero) is 1. The first-order chi connectivity index (χ1) is 10.5. The van der Waals surface area contributed by atoms with Crippen LogP contribution in [0.3, 0.4) is 0 Å². The van der Waals surface area contributed by atoms with E-state index in [2.05, 4.69) is 5.32 Å². The van der Waals surface area contributed by atoms with Crippen LogP contribution in [0.25, 0.3) is 0 Å². The number of rotatable bonds is 5. The first-order valence-corrected chi connectivity index (χ1v) is 6.59. The summed E-state index contributed by atoms with van der Waals surface area (Å²) in [6.45, 7) is 2.73. The fraction of sp³-hybridized carbons (Fsp3) is 0.188. The van der Waals surface area contributed by atoms with Gasteiger partial charge in [0.25, 0.3) is 5.91 Å². The van der Waals surface area contributed by atoms with Crippen molar-refractivity contribution in [1.82, 2.24) is 0 Å². The van der Waals surface area contributed by atoms with Crippen LogP contribution in [0.1, 0.15) is 23.0 Å². The molecule has 0 aliphatic rings. The third kappa shape index (κ3) is 3.82. The van der Waals surface area contributed by atoms with E-state index in [1.807, 2.05) is 0 Å². The number of amides is 1. The predicted octanol–water partition coefficient (Wildman–Crippen LogP) is 2.17. The molecule has 2 rings (SSSR count). The summed E-state index contributed by atoms with van der Waals surface area (Å²) in [5.41, 5.74) is 0.754. The van der Waals surface area contributed by atoms with Gasteiger partial charge in [0.15, 0.2) is 12.4 Å². The first-order valence-electron chi connectivity index (χ1n) is 6.59. The number of ether oxygens (including phenoxy) is 1. The lowest BCUT2D eigenvalue weighted by Crippen LogP contribution is -2.22. The Hall–Kier alpha value is -2.89. The van der Waals surface area contributed by atoms with Crippen LogP contribution in [-0.4, -0.2) is 18.3 Å². The maximum atomic E-state index is 11.8. The Morgan fingerprint density at radius 1 is 1.18 bits per heavy atom.